The summed E-state index contributed by atoms with van der Waals surface area (Å²) < 4.78 is 10.6. The second kappa shape index (κ2) is 5.57. The van der Waals surface area contributed by atoms with Gasteiger partial charge in [-0.3, -0.25) is 0 Å². The van der Waals surface area contributed by atoms with Gasteiger partial charge in [-0.15, -0.1) is 11.3 Å². The minimum atomic E-state index is -0.361. The molecule has 94 valence electrons. The first-order valence-electron chi connectivity index (χ1n) is 5.66. The van der Waals surface area contributed by atoms with Crippen LogP contribution in [0.25, 0.3) is 0 Å². The number of nitrogens with zero attached hydrogens (tertiary/aromatic N) is 1. The van der Waals surface area contributed by atoms with Gasteiger partial charge in [-0.2, -0.15) is 0 Å². The Morgan fingerprint density at radius 3 is 2.94 bits per heavy atom. The molecule has 2 N–H and O–H groups in total. The Labute approximate surface area is 104 Å². The number of nitrogens with two attached hydrogens (primary N) is 1. The number of rotatable bonds is 3. The standard InChI is InChI=1S/C11H16N2O3S/c1-7(12)10-13-9(6-17-10)11(14)16-8-2-4-15-5-3-8/h6-8H,2-5,12H2,1H3. The average molecular weight is 256 g/mol. The number of carbonyl (C=O) groups excluding carboxylic acids is 1. The Morgan fingerprint density at radius 1 is 1.65 bits per heavy atom. The van der Waals surface area contributed by atoms with Crippen molar-refractivity contribution in [1.82, 2.24) is 4.98 Å². The Morgan fingerprint density at radius 2 is 2.35 bits per heavy atom. The molecule has 6 heteroatoms. The molecule has 1 aromatic rings. The summed E-state index contributed by atoms with van der Waals surface area (Å²) >= 11 is 1.39. The number of esters is 1. The van der Waals surface area contributed by atoms with E-state index in [-0.39, 0.29) is 18.1 Å². The monoisotopic (exact) mass is 256 g/mol. The molecule has 0 spiro atoms. The molecule has 17 heavy (non-hydrogen) atoms. The van der Waals surface area contributed by atoms with Crippen LogP contribution in [0.2, 0.25) is 0 Å². The van der Waals surface area contributed by atoms with Crippen LogP contribution in [0.1, 0.15) is 41.3 Å². The van der Waals surface area contributed by atoms with Crippen LogP contribution in [0.4, 0.5) is 0 Å². The summed E-state index contributed by atoms with van der Waals surface area (Å²) in [6, 6.07) is -0.148. The van der Waals surface area contributed by atoms with Gasteiger partial charge in [0, 0.05) is 18.2 Å². The molecule has 1 aliphatic heterocycles. The van der Waals surface area contributed by atoms with E-state index in [9.17, 15) is 4.79 Å². The van der Waals surface area contributed by atoms with Crippen LogP contribution in [0.15, 0.2) is 5.38 Å². The number of carbonyl (C=O) groups is 1. The van der Waals surface area contributed by atoms with Gasteiger partial charge in [-0.05, 0) is 6.92 Å². The zero-order valence-corrected chi connectivity index (χ0v) is 10.5. The zero-order valence-electron chi connectivity index (χ0n) is 9.72. The summed E-state index contributed by atoms with van der Waals surface area (Å²) in [6.45, 7) is 3.15. The predicted molar refractivity (Wildman–Crippen MR) is 64.0 cm³/mol. The van der Waals surface area contributed by atoms with Crippen molar-refractivity contribution in [3.63, 3.8) is 0 Å². The minimum absolute atomic E-state index is 0.0447. The lowest BCUT2D eigenvalue weighted by Crippen LogP contribution is -2.26. The second-order valence-corrected chi connectivity index (χ2v) is 4.97. The smallest absolute Gasteiger partial charge is 0.358 e. The molecule has 0 aliphatic carbocycles. The Hall–Kier alpha value is -0.980. The largest absolute Gasteiger partial charge is 0.457 e. The fourth-order valence-electron chi connectivity index (χ4n) is 1.60. The number of ether oxygens (including phenoxy) is 2. The van der Waals surface area contributed by atoms with Crippen LogP contribution in [-0.2, 0) is 9.47 Å². The Balaban J connectivity index is 1.94. The summed E-state index contributed by atoms with van der Waals surface area (Å²) in [5.74, 6) is -0.361. The van der Waals surface area contributed by atoms with Crippen LogP contribution < -0.4 is 5.73 Å². The molecule has 0 amide bonds. The van der Waals surface area contributed by atoms with Gasteiger partial charge in [0.25, 0.3) is 0 Å². The molecule has 1 aromatic heterocycles. The molecule has 2 rings (SSSR count). The number of thiazole rings is 1. The molecule has 1 aliphatic rings. The Bertz CT molecular complexity index is 386. The molecule has 1 atom stereocenters. The molecule has 1 saturated heterocycles. The molecule has 0 radical (unpaired) electrons. The van der Waals surface area contributed by atoms with Gasteiger partial charge in [0.1, 0.15) is 11.1 Å². The van der Waals surface area contributed by atoms with Crippen LogP contribution in [0.3, 0.4) is 0 Å². The lowest BCUT2D eigenvalue weighted by atomic mass is 10.1. The van der Waals surface area contributed by atoms with E-state index in [0.29, 0.717) is 18.9 Å². The van der Waals surface area contributed by atoms with Crippen molar-refractivity contribution in [2.45, 2.75) is 31.9 Å². The van der Waals surface area contributed by atoms with E-state index in [1.807, 2.05) is 6.92 Å². The third kappa shape index (κ3) is 3.24. The van der Waals surface area contributed by atoms with Crippen LogP contribution in [0, 0.1) is 0 Å². The summed E-state index contributed by atoms with van der Waals surface area (Å²) in [6.07, 6.45) is 1.48. The molecule has 0 aromatic carbocycles. The number of aromatic nitrogens is 1. The highest BCUT2D eigenvalue weighted by atomic mass is 32.1. The quantitative estimate of drug-likeness (QED) is 0.829. The lowest BCUT2D eigenvalue weighted by molar-refractivity contribution is -0.0162. The van der Waals surface area contributed by atoms with E-state index in [2.05, 4.69) is 4.98 Å². The minimum Gasteiger partial charge on any atom is -0.457 e. The molecule has 0 saturated carbocycles. The molecular formula is C11H16N2O3S. The molecule has 1 unspecified atom stereocenters. The van der Waals surface area contributed by atoms with Crippen molar-refractivity contribution in [3.8, 4) is 0 Å². The van der Waals surface area contributed by atoms with Gasteiger partial charge < -0.3 is 15.2 Å². The van der Waals surface area contributed by atoms with Gasteiger partial charge in [0.2, 0.25) is 0 Å². The molecule has 0 bridgehead atoms. The van der Waals surface area contributed by atoms with Crippen molar-refractivity contribution in [2.75, 3.05) is 13.2 Å². The summed E-state index contributed by atoms with van der Waals surface area (Å²) in [5.41, 5.74) is 6.05. The van der Waals surface area contributed by atoms with Crippen molar-refractivity contribution in [1.29, 1.82) is 0 Å². The van der Waals surface area contributed by atoms with E-state index < -0.39 is 0 Å². The Kier molecular flexibility index (Phi) is 4.09. The van der Waals surface area contributed by atoms with Crippen LogP contribution >= 0.6 is 11.3 Å². The van der Waals surface area contributed by atoms with E-state index in [0.717, 1.165) is 17.8 Å². The molecule has 2 heterocycles. The second-order valence-electron chi connectivity index (χ2n) is 4.08. The first-order chi connectivity index (χ1) is 8.16. The topological polar surface area (TPSA) is 74.4 Å². The third-order valence-corrected chi connectivity index (χ3v) is 3.61. The zero-order chi connectivity index (χ0) is 12.3. The van der Waals surface area contributed by atoms with Crippen LogP contribution in [0.5, 0.6) is 0 Å². The van der Waals surface area contributed by atoms with Crippen LogP contribution in [-0.4, -0.2) is 30.3 Å². The van der Waals surface area contributed by atoms with Gasteiger partial charge in [0.15, 0.2) is 5.69 Å². The number of hydrogen-bond acceptors (Lipinski definition) is 6. The number of hydrogen-bond donors (Lipinski definition) is 1. The van der Waals surface area contributed by atoms with Crippen molar-refractivity contribution in [2.24, 2.45) is 5.73 Å². The van der Waals surface area contributed by atoms with E-state index >= 15 is 0 Å². The van der Waals surface area contributed by atoms with Crippen molar-refractivity contribution < 1.29 is 14.3 Å². The SMILES string of the molecule is CC(N)c1nc(C(=O)OC2CCOCC2)cs1. The van der Waals surface area contributed by atoms with Gasteiger partial charge in [0.05, 0.1) is 19.3 Å². The maximum Gasteiger partial charge on any atom is 0.358 e. The molecular weight excluding hydrogens is 240 g/mol. The predicted octanol–water partition coefficient (Wildman–Crippen LogP) is 1.50. The molecule has 1 fully saturated rings. The fourth-order valence-corrected chi connectivity index (χ4v) is 2.34. The van der Waals surface area contributed by atoms with E-state index in [1.165, 1.54) is 11.3 Å². The highest BCUT2D eigenvalue weighted by molar-refractivity contribution is 7.09. The van der Waals surface area contributed by atoms with Gasteiger partial charge in [-0.25, -0.2) is 9.78 Å². The highest BCUT2D eigenvalue weighted by Gasteiger charge is 2.21. The summed E-state index contributed by atoms with van der Waals surface area (Å²) in [7, 11) is 0. The maximum atomic E-state index is 11.8. The maximum absolute atomic E-state index is 11.8. The fraction of sp³-hybridized carbons (Fsp3) is 0.636. The lowest BCUT2D eigenvalue weighted by Gasteiger charge is -2.21. The normalized spacial score (nSPS) is 18.9. The van der Waals surface area contributed by atoms with Crippen molar-refractivity contribution >= 4 is 17.3 Å². The average Bonchev–Trinajstić information content (AvgIpc) is 2.79. The summed E-state index contributed by atoms with van der Waals surface area (Å²) in [5, 5.41) is 2.45. The molecule has 5 nitrogen and oxygen atoms in total. The van der Waals surface area contributed by atoms with E-state index in [4.69, 9.17) is 15.2 Å². The summed E-state index contributed by atoms with van der Waals surface area (Å²) in [4.78, 5) is 16.0. The van der Waals surface area contributed by atoms with Gasteiger partial charge in [-0.1, -0.05) is 0 Å². The van der Waals surface area contributed by atoms with Gasteiger partial charge >= 0.3 is 5.97 Å². The third-order valence-electron chi connectivity index (χ3n) is 2.56. The first-order valence-corrected chi connectivity index (χ1v) is 6.54. The van der Waals surface area contributed by atoms with E-state index in [1.54, 1.807) is 5.38 Å². The highest BCUT2D eigenvalue weighted by Crippen LogP contribution is 2.18. The van der Waals surface area contributed by atoms with Crippen molar-refractivity contribution in [3.05, 3.63) is 16.1 Å². The first kappa shape index (κ1) is 12.5.